The van der Waals surface area contributed by atoms with Crippen LogP contribution in [0.25, 0.3) is 6.08 Å². The molecule has 0 aliphatic heterocycles. The monoisotopic (exact) mass is 389 g/mol. The molecular weight excluding hydrogens is 370 g/mol. The predicted octanol–water partition coefficient (Wildman–Crippen LogP) is 4.36. The smallest absolute Gasteiger partial charge is 0.244 e. The molecule has 24 heavy (non-hydrogen) atoms. The van der Waals surface area contributed by atoms with E-state index in [0.29, 0.717) is 0 Å². The Morgan fingerprint density at radius 1 is 1.12 bits per heavy atom. The van der Waals surface area contributed by atoms with Crippen LogP contribution in [-0.2, 0) is 4.79 Å². The highest BCUT2D eigenvalue weighted by Crippen LogP contribution is 2.27. The molecule has 0 aromatic heterocycles. The number of amides is 1. The first-order valence-corrected chi connectivity index (χ1v) is 8.29. The van der Waals surface area contributed by atoms with E-state index in [1.165, 1.54) is 6.08 Å². The van der Waals surface area contributed by atoms with E-state index in [1.54, 1.807) is 20.3 Å². The van der Waals surface area contributed by atoms with Gasteiger partial charge in [0, 0.05) is 6.08 Å². The summed E-state index contributed by atoms with van der Waals surface area (Å²) in [6, 6.07) is 13.1. The number of benzene rings is 2. The van der Waals surface area contributed by atoms with Crippen molar-refractivity contribution in [2.24, 2.45) is 0 Å². The fourth-order valence-electron chi connectivity index (χ4n) is 2.18. The van der Waals surface area contributed by atoms with Crippen LogP contribution in [-0.4, -0.2) is 20.1 Å². The van der Waals surface area contributed by atoms with Crippen LogP contribution >= 0.6 is 15.9 Å². The Morgan fingerprint density at radius 2 is 1.83 bits per heavy atom. The van der Waals surface area contributed by atoms with Crippen LogP contribution in [0.3, 0.4) is 0 Å². The lowest BCUT2D eigenvalue weighted by atomic mass is 10.1. The largest absolute Gasteiger partial charge is 0.497 e. The van der Waals surface area contributed by atoms with Crippen molar-refractivity contribution < 1.29 is 14.3 Å². The zero-order valence-corrected chi connectivity index (χ0v) is 15.5. The molecule has 0 radical (unpaired) electrons. The predicted molar refractivity (Wildman–Crippen MR) is 99.3 cm³/mol. The standard InChI is InChI=1S/C19H20BrNO3/c1-13(15-7-10-18(24-3)17(20)12-15)21-19(22)11-6-14-4-8-16(23-2)9-5-14/h4-13H,1-3H3,(H,21,22)/b11-6+/t13-/m1/s1. The van der Waals surface area contributed by atoms with Gasteiger partial charge >= 0.3 is 0 Å². The van der Waals surface area contributed by atoms with Gasteiger partial charge < -0.3 is 14.8 Å². The Hall–Kier alpha value is -2.27. The normalized spacial score (nSPS) is 12.0. The molecule has 0 spiro atoms. The van der Waals surface area contributed by atoms with Crippen LogP contribution in [0.4, 0.5) is 0 Å². The van der Waals surface area contributed by atoms with Gasteiger partial charge in [-0.25, -0.2) is 0 Å². The Bertz CT molecular complexity index is 726. The molecule has 0 saturated heterocycles. The van der Waals surface area contributed by atoms with Gasteiger partial charge in [0.1, 0.15) is 11.5 Å². The second-order valence-electron chi connectivity index (χ2n) is 5.23. The van der Waals surface area contributed by atoms with Gasteiger partial charge in [-0.1, -0.05) is 18.2 Å². The molecule has 5 heteroatoms. The van der Waals surface area contributed by atoms with Gasteiger partial charge in [-0.2, -0.15) is 0 Å². The summed E-state index contributed by atoms with van der Waals surface area (Å²) < 4.78 is 11.2. The molecule has 0 aliphatic carbocycles. The van der Waals surface area contributed by atoms with Gasteiger partial charge in [-0.15, -0.1) is 0 Å². The molecule has 1 N–H and O–H groups in total. The fourth-order valence-corrected chi connectivity index (χ4v) is 2.74. The van der Waals surface area contributed by atoms with Crippen molar-refractivity contribution in [3.63, 3.8) is 0 Å². The van der Waals surface area contributed by atoms with Gasteiger partial charge in [-0.3, -0.25) is 4.79 Å². The second kappa shape index (κ2) is 8.55. The number of methoxy groups -OCH3 is 2. The molecule has 4 nitrogen and oxygen atoms in total. The number of hydrogen-bond acceptors (Lipinski definition) is 3. The molecule has 0 fully saturated rings. The Morgan fingerprint density at radius 3 is 2.42 bits per heavy atom. The number of carbonyl (C=O) groups is 1. The van der Waals surface area contributed by atoms with E-state index >= 15 is 0 Å². The quantitative estimate of drug-likeness (QED) is 0.746. The topological polar surface area (TPSA) is 47.6 Å². The average Bonchev–Trinajstić information content (AvgIpc) is 2.60. The van der Waals surface area contributed by atoms with Crippen LogP contribution in [0.15, 0.2) is 53.0 Å². The van der Waals surface area contributed by atoms with Crippen molar-refractivity contribution in [3.8, 4) is 11.5 Å². The van der Waals surface area contributed by atoms with Gasteiger partial charge in [0.2, 0.25) is 5.91 Å². The minimum Gasteiger partial charge on any atom is -0.497 e. The van der Waals surface area contributed by atoms with E-state index in [0.717, 1.165) is 27.1 Å². The molecule has 0 aliphatic rings. The summed E-state index contributed by atoms with van der Waals surface area (Å²) in [5.41, 5.74) is 1.93. The first-order valence-electron chi connectivity index (χ1n) is 7.49. The third-order valence-corrected chi connectivity index (χ3v) is 4.20. The van der Waals surface area contributed by atoms with E-state index in [9.17, 15) is 4.79 Å². The average molecular weight is 390 g/mol. The molecule has 0 saturated carbocycles. The third-order valence-electron chi connectivity index (χ3n) is 3.58. The highest BCUT2D eigenvalue weighted by Gasteiger charge is 2.10. The number of rotatable bonds is 6. The molecule has 0 bridgehead atoms. The maximum absolute atomic E-state index is 12.1. The van der Waals surface area contributed by atoms with Gasteiger partial charge in [0.25, 0.3) is 0 Å². The molecule has 2 aromatic rings. The Balaban J connectivity index is 1.97. The van der Waals surface area contributed by atoms with Gasteiger partial charge in [0.05, 0.1) is 24.7 Å². The van der Waals surface area contributed by atoms with E-state index in [-0.39, 0.29) is 11.9 Å². The van der Waals surface area contributed by atoms with Crippen LogP contribution in [0.5, 0.6) is 11.5 Å². The van der Waals surface area contributed by atoms with Crippen LogP contribution in [0, 0.1) is 0 Å². The summed E-state index contributed by atoms with van der Waals surface area (Å²) in [4.78, 5) is 12.1. The summed E-state index contributed by atoms with van der Waals surface area (Å²) in [5.74, 6) is 1.40. The summed E-state index contributed by atoms with van der Waals surface area (Å²) in [6.07, 6.45) is 3.29. The highest BCUT2D eigenvalue weighted by atomic mass is 79.9. The van der Waals surface area contributed by atoms with Crippen molar-refractivity contribution in [2.75, 3.05) is 14.2 Å². The molecule has 1 atom stereocenters. The van der Waals surface area contributed by atoms with E-state index in [4.69, 9.17) is 9.47 Å². The molecule has 2 rings (SSSR count). The third kappa shape index (κ3) is 4.86. The highest BCUT2D eigenvalue weighted by molar-refractivity contribution is 9.10. The Labute approximate surface area is 150 Å². The number of ether oxygens (including phenoxy) is 2. The zero-order chi connectivity index (χ0) is 17.5. The SMILES string of the molecule is COc1ccc(/C=C/C(=O)N[C@H](C)c2ccc(OC)c(Br)c2)cc1. The fraction of sp³-hybridized carbons (Fsp3) is 0.211. The van der Waals surface area contributed by atoms with Gasteiger partial charge in [0.15, 0.2) is 0 Å². The number of carbonyl (C=O) groups excluding carboxylic acids is 1. The minimum atomic E-state index is -0.148. The molecule has 0 heterocycles. The molecule has 0 unspecified atom stereocenters. The zero-order valence-electron chi connectivity index (χ0n) is 13.9. The summed E-state index contributed by atoms with van der Waals surface area (Å²) in [7, 11) is 3.24. The number of halogens is 1. The van der Waals surface area contributed by atoms with Crippen LogP contribution in [0.1, 0.15) is 24.1 Å². The maximum Gasteiger partial charge on any atom is 0.244 e. The maximum atomic E-state index is 12.1. The Kier molecular flexibility index (Phi) is 6.44. The summed E-state index contributed by atoms with van der Waals surface area (Å²) in [5, 5.41) is 2.94. The number of hydrogen-bond donors (Lipinski definition) is 1. The lowest BCUT2D eigenvalue weighted by Gasteiger charge is -2.14. The van der Waals surface area contributed by atoms with Gasteiger partial charge in [-0.05, 0) is 64.3 Å². The van der Waals surface area contributed by atoms with Crippen molar-refractivity contribution in [1.29, 1.82) is 0 Å². The lowest BCUT2D eigenvalue weighted by Crippen LogP contribution is -2.24. The van der Waals surface area contributed by atoms with Crippen molar-refractivity contribution >= 4 is 27.9 Å². The minimum absolute atomic E-state index is 0.111. The van der Waals surface area contributed by atoms with E-state index < -0.39 is 0 Å². The summed E-state index contributed by atoms with van der Waals surface area (Å²) in [6.45, 7) is 1.94. The molecular formula is C19H20BrNO3. The van der Waals surface area contributed by atoms with Crippen LogP contribution < -0.4 is 14.8 Å². The molecule has 126 valence electrons. The molecule has 1 amide bonds. The van der Waals surface area contributed by atoms with Crippen molar-refractivity contribution in [3.05, 3.63) is 64.1 Å². The lowest BCUT2D eigenvalue weighted by molar-refractivity contribution is -0.117. The van der Waals surface area contributed by atoms with Crippen molar-refractivity contribution in [1.82, 2.24) is 5.32 Å². The number of nitrogens with one attached hydrogen (secondary N) is 1. The first-order chi connectivity index (χ1) is 11.5. The first kappa shape index (κ1) is 18.1. The summed E-state index contributed by atoms with van der Waals surface area (Å²) >= 11 is 3.45. The van der Waals surface area contributed by atoms with Crippen LogP contribution in [0.2, 0.25) is 0 Å². The van der Waals surface area contributed by atoms with E-state index in [2.05, 4.69) is 21.2 Å². The molecule has 2 aromatic carbocycles. The van der Waals surface area contributed by atoms with E-state index in [1.807, 2.05) is 49.4 Å². The van der Waals surface area contributed by atoms with Crippen molar-refractivity contribution in [2.45, 2.75) is 13.0 Å². The second-order valence-corrected chi connectivity index (χ2v) is 6.09.